The SMILES string of the molecule is O=C(COc1ccc(F)cc1Cl)N1CCc2sc(-c3noc(C(F)(F)F)n3)cc2C1. The number of carbonyl (C=O) groups is 1. The number of thiophene rings is 1. The van der Waals surface area contributed by atoms with Gasteiger partial charge in [0.25, 0.3) is 5.91 Å². The van der Waals surface area contributed by atoms with Crippen molar-refractivity contribution in [3.63, 3.8) is 0 Å². The van der Waals surface area contributed by atoms with Crippen LogP contribution in [-0.4, -0.2) is 34.1 Å². The first-order valence-corrected chi connectivity index (χ1v) is 9.78. The molecule has 0 spiro atoms. The molecule has 3 aromatic rings. The molecule has 0 bridgehead atoms. The molecule has 1 aliphatic rings. The zero-order valence-electron chi connectivity index (χ0n) is 15.0. The molecule has 0 N–H and O–H groups in total. The Morgan fingerprint density at radius 2 is 2.13 bits per heavy atom. The minimum Gasteiger partial charge on any atom is -0.482 e. The van der Waals surface area contributed by atoms with Gasteiger partial charge in [-0.05, 0) is 36.2 Å². The van der Waals surface area contributed by atoms with Gasteiger partial charge in [-0.1, -0.05) is 16.8 Å². The molecule has 0 saturated heterocycles. The van der Waals surface area contributed by atoms with E-state index in [4.69, 9.17) is 16.3 Å². The zero-order chi connectivity index (χ0) is 21.5. The molecule has 2 aromatic heterocycles. The van der Waals surface area contributed by atoms with Gasteiger partial charge < -0.3 is 14.2 Å². The molecule has 30 heavy (non-hydrogen) atoms. The molecule has 0 unspecified atom stereocenters. The smallest absolute Gasteiger partial charge is 0.471 e. The van der Waals surface area contributed by atoms with Crippen molar-refractivity contribution in [1.82, 2.24) is 15.0 Å². The first-order valence-electron chi connectivity index (χ1n) is 8.59. The predicted octanol–water partition coefficient (Wildman–Crippen LogP) is 4.57. The van der Waals surface area contributed by atoms with Crippen molar-refractivity contribution in [1.29, 1.82) is 0 Å². The van der Waals surface area contributed by atoms with Gasteiger partial charge in [0.2, 0.25) is 5.82 Å². The Morgan fingerprint density at radius 3 is 2.83 bits per heavy atom. The van der Waals surface area contributed by atoms with Crippen molar-refractivity contribution in [3.8, 4) is 16.5 Å². The molecule has 0 atom stereocenters. The van der Waals surface area contributed by atoms with Crippen LogP contribution in [0.1, 0.15) is 16.3 Å². The molecular weight excluding hydrogens is 450 g/mol. The van der Waals surface area contributed by atoms with Crippen molar-refractivity contribution in [3.05, 3.63) is 51.4 Å². The second-order valence-electron chi connectivity index (χ2n) is 6.41. The summed E-state index contributed by atoms with van der Waals surface area (Å²) >= 11 is 7.14. The van der Waals surface area contributed by atoms with E-state index in [0.717, 1.165) is 16.5 Å². The summed E-state index contributed by atoms with van der Waals surface area (Å²) in [6, 6.07) is 5.25. The molecule has 0 aliphatic carbocycles. The van der Waals surface area contributed by atoms with Gasteiger partial charge in [-0.3, -0.25) is 4.79 Å². The summed E-state index contributed by atoms with van der Waals surface area (Å²) in [5, 5.41) is 3.45. The van der Waals surface area contributed by atoms with Crippen LogP contribution < -0.4 is 4.74 Å². The van der Waals surface area contributed by atoms with Crippen LogP contribution in [0.2, 0.25) is 5.02 Å². The van der Waals surface area contributed by atoms with Crippen molar-refractivity contribution in [2.45, 2.75) is 19.1 Å². The van der Waals surface area contributed by atoms with Crippen LogP contribution in [0.5, 0.6) is 5.75 Å². The third kappa shape index (κ3) is 4.26. The van der Waals surface area contributed by atoms with Gasteiger partial charge in [0.05, 0.1) is 9.90 Å². The summed E-state index contributed by atoms with van der Waals surface area (Å²) in [7, 11) is 0. The topological polar surface area (TPSA) is 68.5 Å². The van der Waals surface area contributed by atoms with Crippen LogP contribution in [0.25, 0.3) is 10.7 Å². The number of fused-ring (bicyclic) bond motifs is 1. The fourth-order valence-electron chi connectivity index (χ4n) is 2.92. The highest BCUT2D eigenvalue weighted by Crippen LogP contribution is 2.35. The second kappa shape index (κ2) is 7.88. The standard InChI is InChI=1S/C18H12ClF4N3O3S/c19-11-6-10(20)1-2-12(11)28-8-15(27)26-4-3-13-9(7-26)5-14(30-13)16-24-17(29-25-16)18(21,22)23/h1-2,5-6H,3-4,7-8H2. The number of halogens is 5. The summed E-state index contributed by atoms with van der Waals surface area (Å²) in [4.78, 5) is 18.8. The van der Waals surface area contributed by atoms with E-state index < -0.39 is 17.9 Å². The number of carbonyl (C=O) groups excluding carboxylic acids is 1. The fourth-order valence-corrected chi connectivity index (χ4v) is 4.23. The lowest BCUT2D eigenvalue weighted by molar-refractivity contribution is -0.159. The Kier molecular flexibility index (Phi) is 5.41. The van der Waals surface area contributed by atoms with Gasteiger partial charge in [0.1, 0.15) is 11.6 Å². The summed E-state index contributed by atoms with van der Waals surface area (Å²) < 4.78 is 60.7. The van der Waals surface area contributed by atoms with Crippen LogP contribution in [0.4, 0.5) is 17.6 Å². The first-order chi connectivity index (χ1) is 14.2. The number of benzene rings is 1. The van der Waals surface area contributed by atoms with E-state index in [1.165, 1.54) is 23.5 Å². The number of rotatable bonds is 4. The van der Waals surface area contributed by atoms with E-state index in [1.54, 1.807) is 11.0 Å². The Bertz CT molecular complexity index is 1100. The van der Waals surface area contributed by atoms with Gasteiger partial charge in [0, 0.05) is 18.0 Å². The van der Waals surface area contributed by atoms with E-state index in [9.17, 15) is 22.4 Å². The normalized spacial score (nSPS) is 14.0. The zero-order valence-corrected chi connectivity index (χ0v) is 16.6. The average Bonchev–Trinajstić information content (AvgIpc) is 3.33. The van der Waals surface area contributed by atoms with Crippen molar-refractivity contribution in [2.75, 3.05) is 13.2 Å². The molecule has 0 fully saturated rings. The van der Waals surface area contributed by atoms with E-state index >= 15 is 0 Å². The molecule has 4 rings (SSSR count). The van der Waals surface area contributed by atoms with Crippen LogP contribution in [0, 0.1) is 5.82 Å². The maximum atomic E-state index is 13.1. The van der Waals surface area contributed by atoms with Crippen molar-refractivity contribution < 1.29 is 31.6 Å². The molecule has 1 aliphatic heterocycles. The van der Waals surface area contributed by atoms with Crippen molar-refractivity contribution >= 4 is 28.8 Å². The summed E-state index contributed by atoms with van der Waals surface area (Å²) in [5.41, 5.74) is 0.799. The number of nitrogens with zero attached hydrogens (tertiary/aromatic N) is 3. The third-order valence-electron chi connectivity index (χ3n) is 4.35. The Labute approximate surface area is 176 Å². The average molecular weight is 462 g/mol. The second-order valence-corrected chi connectivity index (χ2v) is 7.95. The maximum absolute atomic E-state index is 13.1. The lowest BCUT2D eigenvalue weighted by Crippen LogP contribution is -2.38. The Morgan fingerprint density at radius 1 is 1.33 bits per heavy atom. The van der Waals surface area contributed by atoms with E-state index in [0.29, 0.717) is 17.8 Å². The summed E-state index contributed by atoms with van der Waals surface area (Å²) in [6.45, 7) is 0.416. The number of hydrogen-bond donors (Lipinski definition) is 0. The van der Waals surface area contributed by atoms with Crippen molar-refractivity contribution in [2.24, 2.45) is 0 Å². The highest BCUT2D eigenvalue weighted by molar-refractivity contribution is 7.15. The minimum absolute atomic E-state index is 0.0598. The van der Waals surface area contributed by atoms with Gasteiger partial charge in [-0.15, -0.1) is 11.3 Å². The number of alkyl halides is 3. The van der Waals surface area contributed by atoms with Gasteiger partial charge in [-0.2, -0.15) is 18.2 Å². The first kappa shape index (κ1) is 20.6. The lowest BCUT2D eigenvalue weighted by Gasteiger charge is -2.27. The number of amides is 1. The molecule has 158 valence electrons. The minimum atomic E-state index is -4.71. The Hall–Kier alpha value is -2.66. The molecular formula is C18H12ClF4N3O3S. The fraction of sp³-hybridized carbons (Fsp3) is 0.278. The third-order valence-corrected chi connectivity index (χ3v) is 5.88. The maximum Gasteiger partial charge on any atom is 0.471 e. The molecule has 1 aromatic carbocycles. The quantitative estimate of drug-likeness (QED) is 0.532. The largest absolute Gasteiger partial charge is 0.482 e. The number of ether oxygens (including phenoxy) is 1. The molecule has 1 amide bonds. The van der Waals surface area contributed by atoms with Gasteiger partial charge in [0.15, 0.2) is 6.61 Å². The van der Waals surface area contributed by atoms with Crippen LogP contribution in [0.15, 0.2) is 28.8 Å². The lowest BCUT2D eigenvalue weighted by atomic mass is 10.1. The summed E-state index contributed by atoms with van der Waals surface area (Å²) in [6.07, 6.45) is -4.17. The highest BCUT2D eigenvalue weighted by atomic mass is 35.5. The Balaban J connectivity index is 1.42. The van der Waals surface area contributed by atoms with Gasteiger partial charge >= 0.3 is 12.1 Å². The molecule has 12 heteroatoms. The number of hydrogen-bond acceptors (Lipinski definition) is 6. The van der Waals surface area contributed by atoms with Crippen LogP contribution in [0.3, 0.4) is 0 Å². The monoisotopic (exact) mass is 461 g/mol. The molecule has 3 heterocycles. The van der Waals surface area contributed by atoms with Gasteiger partial charge in [-0.25, -0.2) is 4.39 Å². The van der Waals surface area contributed by atoms with E-state index in [-0.39, 0.29) is 35.7 Å². The predicted molar refractivity (Wildman–Crippen MR) is 98.6 cm³/mol. The van der Waals surface area contributed by atoms with E-state index in [2.05, 4.69) is 14.7 Å². The molecule has 0 saturated carbocycles. The highest BCUT2D eigenvalue weighted by Gasteiger charge is 2.38. The molecule has 6 nitrogen and oxygen atoms in total. The number of aromatic nitrogens is 2. The van der Waals surface area contributed by atoms with Crippen LogP contribution >= 0.6 is 22.9 Å². The molecule has 0 radical (unpaired) electrons. The van der Waals surface area contributed by atoms with Crippen LogP contribution in [-0.2, 0) is 23.9 Å². The van der Waals surface area contributed by atoms with E-state index in [1.807, 2.05) is 0 Å². The summed E-state index contributed by atoms with van der Waals surface area (Å²) in [5.74, 6) is -2.17.